The van der Waals surface area contributed by atoms with Gasteiger partial charge < -0.3 is 9.72 Å². The van der Waals surface area contributed by atoms with E-state index in [1.807, 2.05) is 25.1 Å². The van der Waals surface area contributed by atoms with Gasteiger partial charge in [-0.05, 0) is 25.1 Å². The van der Waals surface area contributed by atoms with Gasteiger partial charge in [0.05, 0.1) is 17.8 Å². The standard InChI is InChI=1S/C12H13ClN2OS/c1-7-12(15-11(6-17)14-7)8-3-4-10(16-2)9(13)5-8/h3-5,17H,6H2,1-2H3,(H,14,15). The lowest BCUT2D eigenvalue weighted by Crippen LogP contribution is -1.86. The Hall–Kier alpha value is -1.13. The van der Waals surface area contributed by atoms with Crippen molar-refractivity contribution in [2.24, 2.45) is 0 Å². The van der Waals surface area contributed by atoms with Crippen LogP contribution < -0.4 is 4.74 Å². The van der Waals surface area contributed by atoms with Crippen molar-refractivity contribution in [2.75, 3.05) is 7.11 Å². The second-order valence-corrected chi connectivity index (χ2v) is 4.39. The monoisotopic (exact) mass is 268 g/mol. The molecule has 2 aromatic rings. The Labute approximate surface area is 111 Å². The molecule has 0 atom stereocenters. The third kappa shape index (κ3) is 2.42. The van der Waals surface area contributed by atoms with Crippen molar-refractivity contribution >= 4 is 24.2 Å². The van der Waals surface area contributed by atoms with Gasteiger partial charge in [-0.15, -0.1) is 0 Å². The van der Waals surface area contributed by atoms with E-state index in [-0.39, 0.29) is 0 Å². The number of aromatic nitrogens is 2. The van der Waals surface area contributed by atoms with E-state index in [4.69, 9.17) is 16.3 Å². The number of H-pyrrole nitrogens is 1. The Balaban J connectivity index is 2.45. The van der Waals surface area contributed by atoms with Crippen LogP contribution in [0, 0.1) is 6.92 Å². The fourth-order valence-electron chi connectivity index (χ4n) is 1.69. The molecule has 1 heterocycles. The van der Waals surface area contributed by atoms with Crippen LogP contribution in [0.15, 0.2) is 18.2 Å². The molecule has 0 aliphatic rings. The Morgan fingerprint density at radius 2 is 2.24 bits per heavy atom. The number of nitrogens with one attached hydrogen (secondary N) is 1. The van der Waals surface area contributed by atoms with Gasteiger partial charge >= 0.3 is 0 Å². The molecule has 0 amide bonds. The van der Waals surface area contributed by atoms with Crippen molar-refractivity contribution in [1.29, 1.82) is 0 Å². The zero-order valence-corrected chi connectivity index (χ0v) is 11.3. The number of halogens is 1. The summed E-state index contributed by atoms with van der Waals surface area (Å²) in [7, 11) is 1.60. The van der Waals surface area contributed by atoms with Crippen LogP contribution in [-0.2, 0) is 5.75 Å². The molecule has 0 bridgehead atoms. The van der Waals surface area contributed by atoms with Gasteiger partial charge in [0.15, 0.2) is 0 Å². The molecule has 0 aliphatic heterocycles. The van der Waals surface area contributed by atoms with Gasteiger partial charge in [0, 0.05) is 17.0 Å². The molecule has 2 rings (SSSR count). The lowest BCUT2D eigenvalue weighted by Gasteiger charge is -2.04. The number of aryl methyl sites for hydroxylation is 1. The van der Waals surface area contributed by atoms with Gasteiger partial charge in [0.2, 0.25) is 0 Å². The molecule has 0 radical (unpaired) electrons. The molecule has 1 N–H and O–H groups in total. The molecule has 5 heteroatoms. The number of methoxy groups -OCH3 is 1. The second kappa shape index (κ2) is 5.02. The molecule has 0 saturated carbocycles. The highest BCUT2D eigenvalue weighted by Gasteiger charge is 2.10. The summed E-state index contributed by atoms with van der Waals surface area (Å²) in [6.45, 7) is 1.98. The van der Waals surface area contributed by atoms with Crippen LogP contribution in [0.5, 0.6) is 5.75 Å². The number of benzene rings is 1. The van der Waals surface area contributed by atoms with Gasteiger partial charge in [-0.3, -0.25) is 0 Å². The fourth-order valence-corrected chi connectivity index (χ4v) is 2.10. The first kappa shape index (κ1) is 12.3. The van der Waals surface area contributed by atoms with E-state index in [0.29, 0.717) is 16.5 Å². The minimum Gasteiger partial charge on any atom is -0.495 e. The molecule has 0 saturated heterocycles. The van der Waals surface area contributed by atoms with Crippen molar-refractivity contribution in [2.45, 2.75) is 12.7 Å². The van der Waals surface area contributed by atoms with E-state index in [1.165, 1.54) is 0 Å². The predicted octanol–water partition coefficient (Wildman–Crippen LogP) is 3.48. The summed E-state index contributed by atoms with van der Waals surface area (Å²) < 4.78 is 5.12. The Morgan fingerprint density at radius 3 is 2.76 bits per heavy atom. The SMILES string of the molecule is COc1ccc(-c2nc(CS)[nH]c2C)cc1Cl. The van der Waals surface area contributed by atoms with Crippen molar-refractivity contribution < 1.29 is 4.74 Å². The van der Waals surface area contributed by atoms with Crippen molar-refractivity contribution in [3.63, 3.8) is 0 Å². The average molecular weight is 269 g/mol. The Morgan fingerprint density at radius 1 is 1.47 bits per heavy atom. The molecule has 0 unspecified atom stereocenters. The summed E-state index contributed by atoms with van der Waals surface area (Å²) in [4.78, 5) is 7.64. The summed E-state index contributed by atoms with van der Waals surface area (Å²) in [5.74, 6) is 2.11. The van der Waals surface area contributed by atoms with Gasteiger partial charge in [-0.25, -0.2) is 4.98 Å². The van der Waals surface area contributed by atoms with Crippen molar-refractivity contribution in [3.8, 4) is 17.0 Å². The summed E-state index contributed by atoms with van der Waals surface area (Å²) >= 11 is 10.3. The minimum absolute atomic E-state index is 0.583. The van der Waals surface area contributed by atoms with Crippen LogP contribution >= 0.6 is 24.2 Å². The summed E-state index contributed by atoms with van der Waals surface area (Å²) in [5.41, 5.74) is 2.88. The third-order valence-corrected chi connectivity index (χ3v) is 3.10. The van der Waals surface area contributed by atoms with Crippen LogP contribution in [0.1, 0.15) is 11.5 Å². The van der Waals surface area contributed by atoms with Gasteiger partial charge in [0.1, 0.15) is 11.6 Å². The highest BCUT2D eigenvalue weighted by atomic mass is 35.5. The summed E-state index contributed by atoms with van der Waals surface area (Å²) in [6, 6.07) is 5.63. The maximum Gasteiger partial charge on any atom is 0.137 e. The number of thiol groups is 1. The van der Waals surface area contributed by atoms with Gasteiger partial charge in [-0.1, -0.05) is 11.6 Å². The quantitative estimate of drug-likeness (QED) is 0.837. The fraction of sp³-hybridized carbons (Fsp3) is 0.250. The first-order chi connectivity index (χ1) is 8.15. The maximum absolute atomic E-state index is 6.09. The second-order valence-electron chi connectivity index (χ2n) is 3.66. The lowest BCUT2D eigenvalue weighted by atomic mass is 10.1. The number of rotatable bonds is 3. The van der Waals surface area contributed by atoms with Crippen LogP contribution in [0.2, 0.25) is 5.02 Å². The van der Waals surface area contributed by atoms with Crippen LogP contribution in [0.4, 0.5) is 0 Å². The normalized spacial score (nSPS) is 10.6. The first-order valence-corrected chi connectivity index (χ1v) is 6.17. The molecule has 3 nitrogen and oxygen atoms in total. The average Bonchev–Trinajstić information content (AvgIpc) is 2.70. The highest BCUT2D eigenvalue weighted by molar-refractivity contribution is 7.79. The summed E-state index contributed by atoms with van der Waals surface area (Å²) in [6.07, 6.45) is 0. The molecule has 0 spiro atoms. The molecule has 1 aromatic carbocycles. The maximum atomic E-state index is 6.09. The van der Waals surface area contributed by atoms with E-state index in [2.05, 4.69) is 22.6 Å². The van der Waals surface area contributed by atoms with E-state index >= 15 is 0 Å². The highest BCUT2D eigenvalue weighted by Crippen LogP contribution is 2.30. The number of nitrogens with zero attached hydrogens (tertiary/aromatic N) is 1. The van der Waals surface area contributed by atoms with Gasteiger partial charge in [-0.2, -0.15) is 12.6 Å². The van der Waals surface area contributed by atoms with E-state index < -0.39 is 0 Å². The largest absolute Gasteiger partial charge is 0.495 e. The molecule has 1 aromatic heterocycles. The third-order valence-electron chi connectivity index (χ3n) is 2.51. The zero-order valence-electron chi connectivity index (χ0n) is 9.62. The first-order valence-electron chi connectivity index (χ1n) is 5.16. The van der Waals surface area contributed by atoms with Crippen molar-refractivity contribution in [3.05, 3.63) is 34.7 Å². The molecule has 0 aliphatic carbocycles. The number of hydrogen-bond donors (Lipinski definition) is 2. The smallest absolute Gasteiger partial charge is 0.137 e. The zero-order chi connectivity index (χ0) is 12.4. The molecular formula is C12H13ClN2OS. The lowest BCUT2D eigenvalue weighted by molar-refractivity contribution is 0.415. The van der Waals surface area contributed by atoms with Crippen LogP contribution in [0.3, 0.4) is 0 Å². The minimum atomic E-state index is 0.583. The van der Waals surface area contributed by atoms with Crippen LogP contribution in [-0.4, -0.2) is 17.1 Å². The number of imidazole rings is 1. The predicted molar refractivity (Wildman–Crippen MR) is 73.0 cm³/mol. The summed E-state index contributed by atoms with van der Waals surface area (Å²) in [5, 5.41) is 0.583. The molecule has 17 heavy (non-hydrogen) atoms. The number of aromatic amines is 1. The topological polar surface area (TPSA) is 37.9 Å². The molecule has 0 fully saturated rings. The molecule has 90 valence electrons. The molecular weight excluding hydrogens is 256 g/mol. The Bertz CT molecular complexity index is 539. The van der Waals surface area contributed by atoms with Gasteiger partial charge in [0.25, 0.3) is 0 Å². The van der Waals surface area contributed by atoms with Crippen molar-refractivity contribution in [1.82, 2.24) is 9.97 Å². The number of hydrogen-bond acceptors (Lipinski definition) is 3. The Kier molecular flexibility index (Phi) is 3.64. The van der Waals surface area contributed by atoms with E-state index in [9.17, 15) is 0 Å². The van der Waals surface area contributed by atoms with E-state index in [1.54, 1.807) is 7.11 Å². The number of ether oxygens (including phenoxy) is 1. The van der Waals surface area contributed by atoms with E-state index in [0.717, 1.165) is 22.8 Å². The van der Waals surface area contributed by atoms with Crippen LogP contribution in [0.25, 0.3) is 11.3 Å².